The van der Waals surface area contributed by atoms with Crippen LogP contribution in [0.2, 0.25) is 0 Å². The van der Waals surface area contributed by atoms with Gasteiger partial charge in [0, 0.05) is 6.54 Å². The number of hydrogen-bond donors (Lipinski definition) is 2. The van der Waals surface area contributed by atoms with Gasteiger partial charge in [-0.3, -0.25) is 0 Å². The van der Waals surface area contributed by atoms with Gasteiger partial charge in [-0.2, -0.15) is 0 Å². The zero-order valence-electron chi connectivity index (χ0n) is 8.66. The van der Waals surface area contributed by atoms with Crippen LogP contribution in [0.25, 0.3) is 0 Å². The van der Waals surface area contributed by atoms with Crippen LogP contribution in [0, 0.1) is 6.92 Å². The quantitative estimate of drug-likeness (QED) is 0.657. The van der Waals surface area contributed by atoms with Crippen LogP contribution in [0.4, 0.5) is 0 Å². The molecule has 1 unspecified atom stereocenters. The normalized spacial score (nSPS) is 13.1. The van der Waals surface area contributed by atoms with E-state index in [1.54, 1.807) is 0 Å². The van der Waals surface area contributed by atoms with Crippen molar-refractivity contribution in [3.8, 4) is 0 Å². The molecule has 1 heterocycles. The lowest BCUT2D eigenvalue weighted by molar-refractivity contribution is 0.159. The Kier molecular flexibility index (Phi) is 4.55. The Labute approximate surface area is 83.5 Å². The Balaban J connectivity index is 2.13. The largest absolute Gasteiger partial charge is 0.393 e. The maximum atomic E-state index is 9.28. The van der Waals surface area contributed by atoms with E-state index in [-0.39, 0.29) is 6.10 Å². The number of aryl methyl sites for hydroxylation is 1. The Bertz CT molecular complexity index is 262. The van der Waals surface area contributed by atoms with E-state index in [0.717, 1.165) is 30.8 Å². The van der Waals surface area contributed by atoms with E-state index in [2.05, 4.69) is 20.3 Å². The molecule has 0 fully saturated rings. The highest BCUT2D eigenvalue weighted by molar-refractivity contribution is 5.03. The maximum Gasteiger partial charge on any atom is 0.121 e. The smallest absolute Gasteiger partial charge is 0.121 e. The van der Waals surface area contributed by atoms with E-state index in [0.29, 0.717) is 6.54 Å². The van der Waals surface area contributed by atoms with E-state index in [9.17, 15) is 5.11 Å². The molecule has 0 bridgehead atoms. The number of rotatable bonds is 6. The van der Waals surface area contributed by atoms with Crippen molar-refractivity contribution < 1.29 is 9.74 Å². The highest BCUT2D eigenvalue weighted by Crippen LogP contribution is 2.00. The van der Waals surface area contributed by atoms with E-state index in [4.69, 9.17) is 0 Å². The molecule has 0 saturated carbocycles. The lowest BCUT2D eigenvalue weighted by Gasteiger charge is -2.07. The summed E-state index contributed by atoms with van der Waals surface area (Å²) in [7, 11) is 0. The molecule has 1 atom stereocenters. The predicted octanol–water partition coefficient (Wildman–Crippen LogP) is 0.629. The second-order valence-corrected chi connectivity index (χ2v) is 3.32. The van der Waals surface area contributed by atoms with Crippen LogP contribution >= 0.6 is 0 Å². The molecule has 0 aliphatic rings. The van der Waals surface area contributed by atoms with Crippen molar-refractivity contribution in [2.24, 2.45) is 0 Å². The number of aromatic nitrogens is 2. The van der Waals surface area contributed by atoms with Crippen molar-refractivity contribution in [3.05, 3.63) is 11.4 Å². The van der Waals surface area contributed by atoms with Crippen LogP contribution in [0.3, 0.4) is 0 Å². The number of aliphatic hydroxyl groups is 1. The van der Waals surface area contributed by atoms with Gasteiger partial charge < -0.3 is 10.4 Å². The summed E-state index contributed by atoms with van der Waals surface area (Å²) in [6.07, 6.45) is 1.35. The van der Waals surface area contributed by atoms with Crippen LogP contribution in [-0.4, -0.2) is 28.1 Å². The monoisotopic (exact) mass is 199 g/mol. The lowest BCUT2D eigenvalue weighted by Crippen LogP contribution is -2.20. The highest BCUT2D eigenvalue weighted by Gasteiger charge is 2.04. The summed E-state index contributed by atoms with van der Waals surface area (Å²) >= 11 is 0. The molecule has 2 N–H and O–H groups in total. The molecular formula is C9H17N3O2. The van der Waals surface area contributed by atoms with Gasteiger partial charge in [-0.1, -0.05) is 17.2 Å². The summed E-state index contributed by atoms with van der Waals surface area (Å²) in [6.45, 7) is 5.25. The van der Waals surface area contributed by atoms with Crippen molar-refractivity contribution in [1.29, 1.82) is 0 Å². The summed E-state index contributed by atoms with van der Waals surface area (Å²) in [5.41, 5.74) is 1.64. The number of nitrogens with zero attached hydrogens (tertiary/aromatic N) is 2. The van der Waals surface area contributed by atoms with Gasteiger partial charge in [0.25, 0.3) is 0 Å². The van der Waals surface area contributed by atoms with Crippen molar-refractivity contribution in [1.82, 2.24) is 15.6 Å². The molecule has 1 aromatic rings. The van der Waals surface area contributed by atoms with Crippen LogP contribution < -0.4 is 5.32 Å². The first-order valence-electron chi connectivity index (χ1n) is 4.90. The van der Waals surface area contributed by atoms with Crippen LogP contribution in [0.1, 0.15) is 31.2 Å². The van der Waals surface area contributed by atoms with Gasteiger partial charge in [0.05, 0.1) is 6.10 Å². The van der Waals surface area contributed by atoms with E-state index in [1.807, 2.05) is 13.8 Å². The third-order valence-electron chi connectivity index (χ3n) is 2.16. The molecule has 0 radical (unpaired) electrons. The summed E-state index contributed by atoms with van der Waals surface area (Å²) in [4.78, 5) is 0. The zero-order chi connectivity index (χ0) is 10.4. The van der Waals surface area contributed by atoms with Gasteiger partial charge in [0.2, 0.25) is 0 Å². The second kappa shape index (κ2) is 5.72. The summed E-state index contributed by atoms with van der Waals surface area (Å²) in [5, 5.41) is 19.9. The van der Waals surface area contributed by atoms with Crippen molar-refractivity contribution >= 4 is 0 Å². The maximum absolute atomic E-state index is 9.28. The fourth-order valence-corrected chi connectivity index (χ4v) is 1.09. The van der Waals surface area contributed by atoms with E-state index in [1.165, 1.54) is 0 Å². The molecule has 5 nitrogen and oxygen atoms in total. The van der Waals surface area contributed by atoms with Gasteiger partial charge in [-0.25, -0.2) is 4.63 Å². The van der Waals surface area contributed by atoms with Gasteiger partial charge in [-0.15, -0.1) is 0 Å². The first-order valence-corrected chi connectivity index (χ1v) is 4.90. The molecule has 0 saturated heterocycles. The molecule has 14 heavy (non-hydrogen) atoms. The Morgan fingerprint density at radius 2 is 2.29 bits per heavy atom. The molecule has 1 rings (SSSR count). The second-order valence-electron chi connectivity index (χ2n) is 3.32. The van der Waals surface area contributed by atoms with Gasteiger partial charge in [0.1, 0.15) is 11.4 Å². The molecule has 1 aromatic heterocycles. The highest BCUT2D eigenvalue weighted by atomic mass is 16.6. The summed E-state index contributed by atoms with van der Waals surface area (Å²) in [5.74, 6) is 0. The van der Waals surface area contributed by atoms with Crippen molar-refractivity contribution in [2.45, 2.75) is 39.3 Å². The first kappa shape index (κ1) is 11.1. The lowest BCUT2D eigenvalue weighted by atomic mass is 10.2. The Morgan fingerprint density at radius 3 is 2.86 bits per heavy atom. The molecule has 80 valence electrons. The fraction of sp³-hybridized carbons (Fsp3) is 0.778. The van der Waals surface area contributed by atoms with Crippen LogP contribution in [0.15, 0.2) is 4.63 Å². The predicted molar refractivity (Wildman–Crippen MR) is 51.7 cm³/mol. The molecule has 0 spiro atoms. The van der Waals surface area contributed by atoms with Crippen molar-refractivity contribution in [3.63, 3.8) is 0 Å². The SMILES string of the molecule is CCC(O)CCNCc1nonc1C. The van der Waals surface area contributed by atoms with Crippen molar-refractivity contribution in [2.75, 3.05) is 6.54 Å². The molecular weight excluding hydrogens is 182 g/mol. The molecule has 0 aromatic carbocycles. The Morgan fingerprint density at radius 1 is 1.50 bits per heavy atom. The number of aliphatic hydroxyl groups excluding tert-OH is 1. The first-order chi connectivity index (χ1) is 6.74. The minimum atomic E-state index is -0.209. The third-order valence-corrected chi connectivity index (χ3v) is 2.16. The minimum absolute atomic E-state index is 0.209. The fourth-order valence-electron chi connectivity index (χ4n) is 1.09. The van der Waals surface area contributed by atoms with Crippen LogP contribution in [0.5, 0.6) is 0 Å². The van der Waals surface area contributed by atoms with Gasteiger partial charge >= 0.3 is 0 Å². The third kappa shape index (κ3) is 3.43. The molecule has 0 aliphatic heterocycles. The molecule has 0 amide bonds. The average Bonchev–Trinajstić information content (AvgIpc) is 2.58. The average molecular weight is 199 g/mol. The standard InChI is InChI=1S/C9H17N3O2/c1-3-8(13)4-5-10-6-9-7(2)11-14-12-9/h8,10,13H,3-6H2,1-2H3. The molecule has 0 aliphatic carbocycles. The summed E-state index contributed by atoms with van der Waals surface area (Å²) in [6, 6.07) is 0. The van der Waals surface area contributed by atoms with Gasteiger partial charge in [0.15, 0.2) is 0 Å². The summed E-state index contributed by atoms with van der Waals surface area (Å²) < 4.78 is 4.56. The topological polar surface area (TPSA) is 71.2 Å². The van der Waals surface area contributed by atoms with Gasteiger partial charge in [-0.05, 0) is 26.3 Å². The number of nitrogens with one attached hydrogen (secondary N) is 1. The van der Waals surface area contributed by atoms with Crippen LogP contribution in [-0.2, 0) is 6.54 Å². The molecule has 5 heteroatoms. The Hall–Kier alpha value is -0.940. The number of hydrogen-bond acceptors (Lipinski definition) is 5. The zero-order valence-corrected chi connectivity index (χ0v) is 8.66. The van der Waals surface area contributed by atoms with E-state index >= 15 is 0 Å². The van der Waals surface area contributed by atoms with E-state index < -0.39 is 0 Å². The minimum Gasteiger partial charge on any atom is -0.393 e.